The predicted octanol–water partition coefficient (Wildman–Crippen LogP) is 4.35. The van der Waals surface area contributed by atoms with Gasteiger partial charge in [0, 0.05) is 23.5 Å². The lowest BCUT2D eigenvalue weighted by Crippen LogP contribution is -2.26. The van der Waals surface area contributed by atoms with Gasteiger partial charge < -0.3 is 10.1 Å². The minimum absolute atomic E-state index is 0.0909. The van der Waals surface area contributed by atoms with Crippen molar-refractivity contribution in [2.24, 2.45) is 0 Å². The van der Waals surface area contributed by atoms with E-state index < -0.39 is 0 Å². The molecule has 1 N–H and O–H groups in total. The highest BCUT2D eigenvalue weighted by molar-refractivity contribution is 9.10. The number of ether oxygens (including phenoxy) is 1. The van der Waals surface area contributed by atoms with Crippen molar-refractivity contribution in [1.82, 2.24) is 10.3 Å². The van der Waals surface area contributed by atoms with E-state index in [2.05, 4.69) is 58.7 Å². The topological polar surface area (TPSA) is 34.1 Å². The maximum absolute atomic E-state index is 5.15. The summed E-state index contributed by atoms with van der Waals surface area (Å²) in [7, 11) is 1.72. The highest BCUT2D eigenvalue weighted by Gasteiger charge is 2.20. The molecule has 1 heterocycles. The summed E-state index contributed by atoms with van der Waals surface area (Å²) >= 11 is 5.36. The minimum atomic E-state index is 0.0909. The second kappa shape index (κ2) is 8.03. The third-order valence-corrected chi connectivity index (χ3v) is 4.90. The Balaban J connectivity index is 2.28. The summed E-state index contributed by atoms with van der Waals surface area (Å²) in [6, 6.07) is 8.37. The Bertz CT molecular complexity index is 571. The zero-order valence-electron chi connectivity index (χ0n) is 12.6. The molecule has 3 nitrogen and oxygen atoms in total. The number of aromatic nitrogens is 1. The summed E-state index contributed by atoms with van der Waals surface area (Å²) in [6.07, 6.45) is 0. The third-order valence-electron chi connectivity index (χ3n) is 3.25. The van der Waals surface area contributed by atoms with Crippen LogP contribution in [0.3, 0.4) is 0 Å². The smallest absolute Gasteiger partial charge is 0.114 e. The van der Waals surface area contributed by atoms with Gasteiger partial charge in [-0.2, -0.15) is 0 Å². The van der Waals surface area contributed by atoms with Gasteiger partial charge in [0.15, 0.2) is 0 Å². The fraction of sp³-hybridized carbons (Fsp3) is 0.438. The van der Waals surface area contributed by atoms with Crippen LogP contribution < -0.4 is 5.32 Å². The fourth-order valence-corrected chi connectivity index (χ4v) is 3.63. The van der Waals surface area contributed by atoms with Crippen molar-refractivity contribution in [3.05, 3.63) is 50.4 Å². The monoisotopic (exact) mass is 368 g/mol. The van der Waals surface area contributed by atoms with E-state index in [1.807, 2.05) is 6.07 Å². The summed E-state index contributed by atoms with van der Waals surface area (Å²) < 4.78 is 6.24. The average molecular weight is 369 g/mol. The van der Waals surface area contributed by atoms with Crippen LogP contribution in [0.25, 0.3) is 0 Å². The molecule has 0 fully saturated rings. The van der Waals surface area contributed by atoms with E-state index in [-0.39, 0.29) is 6.04 Å². The first-order chi connectivity index (χ1) is 10.1. The molecule has 21 heavy (non-hydrogen) atoms. The summed E-state index contributed by atoms with van der Waals surface area (Å²) in [4.78, 5) is 4.80. The molecule has 0 aliphatic heterocycles. The number of halogens is 1. The zero-order valence-corrected chi connectivity index (χ0v) is 15.0. The van der Waals surface area contributed by atoms with E-state index in [0.717, 1.165) is 21.7 Å². The van der Waals surface area contributed by atoms with Gasteiger partial charge in [-0.15, -0.1) is 11.3 Å². The Kier molecular flexibility index (Phi) is 6.36. The summed E-state index contributed by atoms with van der Waals surface area (Å²) in [6.45, 7) is 5.82. The summed E-state index contributed by atoms with van der Waals surface area (Å²) in [5.41, 5.74) is 2.36. The maximum Gasteiger partial charge on any atom is 0.114 e. The number of benzene rings is 1. The van der Waals surface area contributed by atoms with Gasteiger partial charge in [0.1, 0.15) is 5.01 Å². The molecule has 0 aliphatic rings. The van der Waals surface area contributed by atoms with Crippen LogP contribution in [0.5, 0.6) is 0 Å². The second-order valence-electron chi connectivity index (χ2n) is 5.17. The Morgan fingerprint density at radius 3 is 2.71 bits per heavy atom. The number of hydrogen-bond acceptors (Lipinski definition) is 4. The van der Waals surface area contributed by atoms with Gasteiger partial charge in [0.2, 0.25) is 0 Å². The van der Waals surface area contributed by atoms with Crippen molar-refractivity contribution >= 4 is 27.3 Å². The average Bonchev–Trinajstić information content (AvgIpc) is 2.95. The molecule has 1 aromatic carbocycles. The predicted molar refractivity (Wildman–Crippen MR) is 92.1 cm³/mol. The number of hydrogen-bond donors (Lipinski definition) is 1. The van der Waals surface area contributed by atoms with Crippen LogP contribution >= 0.6 is 27.3 Å². The molecule has 2 aromatic rings. The fourth-order valence-electron chi connectivity index (χ4n) is 2.04. The molecule has 0 bridgehead atoms. The van der Waals surface area contributed by atoms with Crippen molar-refractivity contribution < 1.29 is 4.74 Å². The van der Waals surface area contributed by atoms with Crippen molar-refractivity contribution in [3.63, 3.8) is 0 Å². The van der Waals surface area contributed by atoms with Gasteiger partial charge in [-0.05, 0) is 17.5 Å². The Morgan fingerprint density at radius 1 is 1.33 bits per heavy atom. The molecule has 0 aliphatic carbocycles. The third kappa shape index (κ3) is 4.36. The van der Waals surface area contributed by atoms with Gasteiger partial charge in [0.05, 0.1) is 18.3 Å². The molecule has 0 saturated heterocycles. The SMILES string of the molecule is COCCNC(c1nc(C(C)C)cs1)c1ccccc1Br. The summed E-state index contributed by atoms with van der Waals surface area (Å²) in [5, 5.41) is 6.79. The number of rotatable bonds is 7. The molecule has 5 heteroatoms. The van der Waals surface area contributed by atoms with E-state index in [9.17, 15) is 0 Å². The van der Waals surface area contributed by atoms with Crippen molar-refractivity contribution in [2.45, 2.75) is 25.8 Å². The van der Waals surface area contributed by atoms with Gasteiger partial charge in [-0.1, -0.05) is 48.0 Å². The minimum Gasteiger partial charge on any atom is -0.383 e. The second-order valence-corrected chi connectivity index (χ2v) is 6.91. The Labute approximate surface area is 138 Å². The van der Waals surface area contributed by atoms with E-state index >= 15 is 0 Å². The molecule has 2 rings (SSSR count). The van der Waals surface area contributed by atoms with Crippen molar-refractivity contribution in [3.8, 4) is 0 Å². The van der Waals surface area contributed by atoms with Gasteiger partial charge in [-0.25, -0.2) is 4.98 Å². The van der Waals surface area contributed by atoms with E-state index in [4.69, 9.17) is 9.72 Å². The van der Waals surface area contributed by atoms with Crippen LogP contribution in [0.1, 0.15) is 42.1 Å². The Morgan fingerprint density at radius 2 is 2.10 bits per heavy atom. The highest BCUT2D eigenvalue weighted by Crippen LogP contribution is 2.31. The van der Waals surface area contributed by atoms with E-state index in [1.165, 1.54) is 5.56 Å². The summed E-state index contributed by atoms with van der Waals surface area (Å²) in [5.74, 6) is 0.453. The van der Waals surface area contributed by atoms with Gasteiger partial charge >= 0.3 is 0 Å². The van der Waals surface area contributed by atoms with Crippen LogP contribution in [0.2, 0.25) is 0 Å². The number of methoxy groups -OCH3 is 1. The van der Waals surface area contributed by atoms with Crippen LogP contribution in [0.4, 0.5) is 0 Å². The maximum atomic E-state index is 5.15. The number of nitrogens with zero attached hydrogens (tertiary/aromatic N) is 1. The van der Waals surface area contributed by atoms with Gasteiger partial charge in [-0.3, -0.25) is 0 Å². The van der Waals surface area contributed by atoms with Crippen LogP contribution in [-0.4, -0.2) is 25.2 Å². The lowest BCUT2D eigenvalue weighted by atomic mass is 10.1. The first-order valence-corrected chi connectivity index (χ1v) is 8.72. The largest absolute Gasteiger partial charge is 0.383 e. The molecule has 114 valence electrons. The molecule has 0 saturated carbocycles. The molecule has 0 spiro atoms. The molecule has 0 radical (unpaired) electrons. The first-order valence-electron chi connectivity index (χ1n) is 7.05. The molecule has 1 atom stereocenters. The first kappa shape index (κ1) is 16.6. The molecular weight excluding hydrogens is 348 g/mol. The van der Waals surface area contributed by atoms with Crippen LogP contribution in [0, 0.1) is 0 Å². The Hall–Kier alpha value is -0.750. The van der Waals surface area contributed by atoms with Crippen molar-refractivity contribution in [2.75, 3.05) is 20.3 Å². The molecule has 1 aromatic heterocycles. The quantitative estimate of drug-likeness (QED) is 0.737. The number of nitrogens with one attached hydrogen (secondary N) is 1. The number of thiazole rings is 1. The molecule has 1 unspecified atom stereocenters. The molecular formula is C16H21BrN2OS. The highest BCUT2D eigenvalue weighted by atomic mass is 79.9. The molecule has 0 amide bonds. The van der Waals surface area contributed by atoms with E-state index in [0.29, 0.717) is 12.5 Å². The lowest BCUT2D eigenvalue weighted by molar-refractivity contribution is 0.197. The van der Waals surface area contributed by atoms with Gasteiger partial charge in [0.25, 0.3) is 0 Å². The normalized spacial score (nSPS) is 12.8. The van der Waals surface area contributed by atoms with E-state index in [1.54, 1.807) is 18.4 Å². The standard InChI is InChI=1S/C16H21BrN2OS/c1-11(2)14-10-21-16(19-14)15(18-8-9-20-3)12-6-4-5-7-13(12)17/h4-7,10-11,15,18H,8-9H2,1-3H3. The van der Waals surface area contributed by atoms with Crippen molar-refractivity contribution in [1.29, 1.82) is 0 Å². The zero-order chi connectivity index (χ0) is 15.2. The van der Waals surface area contributed by atoms with Crippen LogP contribution in [0.15, 0.2) is 34.1 Å². The lowest BCUT2D eigenvalue weighted by Gasteiger charge is -2.18. The van der Waals surface area contributed by atoms with Crippen LogP contribution in [-0.2, 0) is 4.74 Å².